The average molecular weight is 377 g/mol. The van der Waals surface area contributed by atoms with Gasteiger partial charge in [-0.15, -0.1) is 11.6 Å². The fourth-order valence-corrected chi connectivity index (χ4v) is 3.52. The Balaban J connectivity index is 2.04. The first kappa shape index (κ1) is 16.9. The molecule has 4 aromatic carbocycles. The number of alkyl halides is 4. The van der Waals surface area contributed by atoms with E-state index >= 15 is 0 Å². The summed E-state index contributed by atoms with van der Waals surface area (Å²) in [4.78, 5) is 11.5. The fourth-order valence-electron chi connectivity index (χ4n) is 3.46. The Hall–Kier alpha value is -2.53. The van der Waals surface area contributed by atoms with Crippen LogP contribution in [-0.2, 0) is 9.53 Å². The highest BCUT2D eigenvalue weighted by Crippen LogP contribution is 2.43. The van der Waals surface area contributed by atoms with Crippen LogP contribution in [0.2, 0.25) is 0 Å². The van der Waals surface area contributed by atoms with Gasteiger partial charge < -0.3 is 4.74 Å². The Bertz CT molecular complexity index is 1100. The zero-order valence-electron chi connectivity index (χ0n) is 13.3. The molecule has 0 N–H and O–H groups in total. The van der Waals surface area contributed by atoms with Gasteiger partial charge in [0.15, 0.2) is 0 Å². The lowest BCUT2D eigenvalue weighted by Crippen LogP contribution is -2.27. The molecule has 132 valence electrons. The van der Waals surface area contributed by atoms with Crippen molar-refractivity contribution in [2.75, 3.05) is 5.88 Å². The van der Waals surface area contributed by atoms with E-state index in [2.05, 4.69) is 4.74 Å². The van der Waals surface area contributed by atoms with Gasteiger partial charge >= 0.3 is 12.1 Å². The quantitative estimate of drug-likeness (QED) is 0.250. The normalized spacial score (nSPS) is 13.5. The molecule has 0 aliphatic heterocycles. The third kappa shape index (κ3) is 2.63. The molecule has 0 aliphatic carbocycles. The molecule has 0 aromatic heterocycles. The Labute approximate surface area is 151 Å². The minimum Gasteiger partial charge on any atom is -0.447 e. The zero-order chi connectivity index (χ0) is 18.5. The van der Waals surface area contributed by atoms with Crippen LogP contribution in [0.15, 0.2) is 54.6 Å². The topological polar surface area (TPSA) is 26.3 Å². The van der Waals surface area contributed by atoms with Gasteiger partial charge in [0.05, 0.1) is 0 Å². The third-order valence-electron chi connectivity index (χ3n) is 4.50. The highest BCUT2D eigenvalue weighted by Gasteiger charge is 2.44. The molecule has 6 heteroatoms. The van der Waals surface area contributed by atoms with E-state index in [0.717, 1.165) is 26.9 Å². The number of esters is 1. The van der Waals surface area contributed by atoms with E-state index in [1.807, 2.05) is 30.3 Å². The number of carbonyl (C=O) groups is 1. The van der Waals surface area contributed by atoms with Crippen molar-refractivity contribution in [3.05, 3.63) is 60.2 Å². The van der Waals surface area contributed by atoms with E-state index < -0.39 is 24.1 Å². The molecule has 0 amide bonds. The second kappa shape index (κ2) is 6.02. The lowest BCUT2D eigenvalue weighted by molar-refractivity contribution is -0.222. The predicted molar refractivity (Wildman–Crippen MR) is 95.8 cm³/mol. The molecule has 0 radical (unpaired) electrons. The number of benzene rings is 4. The smallest absolute Gasteiger partial charge is 0.429 e. The molecule has 4 aromatic rings. The largest absolute Gasteiger partial charge is 0.447 e. The summed E-state index contributed by atoms with van der Waals surface area (Å²) in [6.45, 7) is 0. The van der Waals surface area contributed by atoms with Gasteiger partial charge in [-0.25, -0.2) is 0 Å². The van der Waals surface area contributed by atoms with Gasteiger partial charge in [0.2, 0.25) is 6.10 Å². The molecule has 0 spiro atoms. The summed E-state index contributed by atoms with van der Waals surface area (Å²) >= 11 is 5.33. The van der Waals surface area contributed by atoms with Crippen LogP contribution in [0, 0.1) is 0 Å². The maximum Gasteiger partial charge on any atom is 0.429 e. The molecule has 1 atom stereocenters. The first-order valence-corrected chi connectivity index (χ1v) is 8.42. The Kier molecular flexibility index (Phi) is 3.92. The number of hydrogen-bond donors (Lipinski definition) is 0. The predicted octanol–water partition coefficient (Wildman–Crippen LogP) is 5.97. The molecule has 1 unspecified atom stereocenters. The van der Waals surface area contributed by atoms with E-state index in [0.29, 0.717) is 5.39 Å². The first-order valence-electron chi connectivity index (χ1n) is 7.89. The van der Waals surface area contributed by atoms with Crippen LogP contribution in [0.5, 0.6) is 0 Å². The molecule has 0 saturated heterocycles. The second-order valence-corrected chi connectivity index (χ2v) is 6.32. The number of hydrogen-bond acceptors (Lipinski definition) is 2. The van der Waals surface area contributed by atoms with Crippen molar-refractivity contribution in [2.45, 2.75) is 12.3 Å². The molecular weight excluding hydrogens is 365 g/mol. The number of halogens is 4. The van der Waals surface area contributed by atoms with Crippen LogP contribution in [0.4, 0.5) is 13.2 Å². The van der Waals surface area contributed by atoms with E-state index in [9.17, 15) is 18.0 Å². The van der Waals surface area contributed by atoms with Crippen LogP contribution in [0.1, 0.15) is 11.7 Å². The van der Waals surface area contributed by atoms with Crippen molar-refractivity contribution in [3.63, 3.8) is 0 Å². The van der Waals surface area contributed by atoms with Gasteiger partial charge in [-0.05, 0) is 32.3 Å². The van der Waals surface area contributed by atoms with Gasteiger partial charge in [-0.2, -0.15) is 13.2 Å². The summed E-state index contributed by atoms with van der Waals surface area (Å²) in [6, 6.07) is 16.0. The lowest BCUT2D eigenvalue weighted by Gasteiger charge is -2.23. The molecule has 0 fully saturated rings. The van der Waals surface area contributed by atoms with E-state index in [1.54, 1.807) is 18.2 Å². The second-order valence-electron chi connectivity index (χ2n) is 6.06. The Morgan fingerprint density at radius 1 is 0.923 bits per heavy atom. The molecule has 0 bridgehead atoms. The fraction of sp³-hybridized carbons (Fsp3) is 0.150. The van der Waals surface area contributed by atoms with Crippen molar-refractivity contribution in [2.24, 2.45) is 0 Å². The summed E-state index contributed by atoms with van der Waals surface area (Å²) in [5, 5.41) is 4.76. The maximum absolute atomic E-state index is 13.6. The molecule has 0 aliphatic rings. The monoisotopic (exact) mass is 376 g/mol. The van der Waals surface area contributed by atoms with Crippen molar-refractivity contribution < 1.29 is 22.7 Å². The number of carbonyl (C=O) groups excluding carboxylic acids is 1. The van der Waals surface area contributed by atoms with Crippen LogP contribution in [0.3, 0.4) is 0 Å². The highest BCUT2D eigenvalue weighted by atomic mass is 35.5. The van der Waals surface area contributed by atoms with Crippen LogP contribution >= 0.6 is 11.6 Å². The van der Waals surface area contributed by atoms with E-state index in [1.165, 1.54) is 6.07 Å². The lowest BCUT2D eigenvalue weighted by atomic mass is 9.90. The number of rotatable bonds is 3. The van der Waals surface area contributed by atoms with Gasteiger partial charge in [0.25, 0.3) is 0 Å². The summed E-state index contributed by atoms with van der Waals surface area (Å²) in [7, 11) is 0. The Morgan fingerprint density at radius 2 is 1.50 bits per heavy atom. The number of ether oxygens (including phenoxy) is 1. The van der Waals surface area contributed by atoms with Gasteiger partial charge in [-0.3, -0.25) is 4.79 Å². The van der Waals surface area contributed by atoms with Crippen LogP contribution in [0.25, 0.3) is 32.3 Å². The highest BCUT2D eigenvalue weighted by molar-refractivity contribution is 6.26. The van der Waals surface area contributed by atoms with Gasteiger partial charge in [0, 0.05) is 5.56 Å². The van der Waals surface area contributed by atoms with Crippen LogP contribution < -0.4 is 0 Å². The molecule has 2 nitrogen and oxygen atoms in total. The third-order valence-corrected chi connectivity index (χ3v) is 4.72. The van der Waals surface area contributed by atoms with Gasteiger partial charge in [-0.1, -0.05) is 54.6 Å². The summed E-state index contributed by atoms with van der Waals surface area (Å²) in [5.41, 5.74) is -0.0956. The molecular formula is C20H12ClF3O2. The van der Waals surface area contributed by atoms with Crippen molar-refractivity contribution >= 4 is 49.9 Å². The van der Waals surface area contributed by atoms with Crippen molar-refractivity contribution in [1.29, 1.82) is 0 Å². The maximum atomic E-state index is 13.6. The minimum atomic E-state index is -4.75. The summed E-state index contributed by atoms with van der Waals surface area (Å²) < 4.78 is 45.5. The van der Waals surface area contributed by atoms with Crippen molar-refractivity contribution in [3.8, 4) is 0 Å². The SMILES string of the molecule is O=C(CCl)OC(c1ccc2ccc3cccc4ccc1c2c34)C(F)(F)F. The average Bonchev–Trinajstić information content (AvgIpc) is 2.63. The molecule has 26 heavy (non-hydrogen) atoms. The van der Waals surface area contributed by atoms with E-state index in [-0.39, 0.29) is 5.56 Å². The first-order chi connectivity index (χ1) is 12.4. The summed E-state index contributed by atoms with van der Waals surface area (Å²) in [6.07, 6.45) is -7.11. The molecule has 0 saturated carbocycles. The molecule has 4 rings (SSSR count). The standard InChI is InChI=1S/C20H12ClF3O2/c21-10-16(25)26-19(20(22,23)24)15-9-7-13-5-4-11-2-1-3-12-6-8-14(15)18(13)17(11)12/h1-9,19H,10H2. The van der Waals surface area contributed by atoms with E-state index in [4.69, 9.17) is 11.6 Å². The zero-order valence-corrected chi connectivity index (χ0v) is 14.1. The van der Waals surface area contributed by atoms with Gasteiger partial charge in [0.1, 0.15) is 5.88 Å². The summed E-state index contributed by atoms with van der Waals surface area (Å²) in [5.74, 6) is -1.75. The molecule has 0 heterocycles. The minimum absolute atomic E-state index is 0.0956. The van der Waals surface area contributed by atoms with Crippen LogP contribution in [-0.4, -0.2) is 18.0 Å². The van der Waals surface area contributed by atoms with Crippen molar-refractivity contribution in [1.82, 2.24) is 0 Å². The Morgan fingerprint density at radius 3 is 2.12 bits per heavy atom.